The monoisotopic (exact) mass is 190 g/mol. The first-order valence-corrected chi connectivity index (χ1v) is 4.95. The van der Waals surface area contributed by atoms with Crippen LogP contribution < -0.4 is 0 Å². The Morgan fingerprint density at radius 1 is 1.36 bits per heavy atom. The summed E-state index contributed by atoms with van der Waals surface area (Å²) < 4.78 is 5.24. The Hall–Kier alpha value is -1.15. The van der Waals surface area contributed by atoms with Crippen LogP contribution in [-0.4, -0.2) is 19.0 Å². The van der Waals surface area contributed by atoms with Crippen LogP contribution in [0.5, 0.6) is 0 Å². The van der Waals surface area contributed by atoms with Gasteiger partial charge in [0.25, 0.3) is 0 Å². The minimum Gasteiger partial charge on any atom is -0.373 e. The van der Waals surface area contributed by atoms with Crippen LogP contribution in [0.4, 0.5) is 0 Å². The Balaban J connectivity index is 2.14. The second-order valence-corrected chi connectivity index (χ2v) is 3.72. The van der Waals surface area contributed by atoms with Gasteiger partial charge in [-0.3, -0.25) is 4.79 Å². The van der Waals surface area contributed by atoms with Gasteiger partial charge in [0.1, 0.15) is 6.10 Å². The molecule has 0 aliphatic heterocycles. The lowest BCUT2D eigenvalue weighted by Gasteiger charge is -2.12. The molecule has 74 valence electrons. The number of Topliss-reactive ketones (excluding diaryl/α,β-unsaturated/α-hetero) is 1. The van der Waals surface area contributed by atoms with Crippen molar-refractivity contribution in [3.63, 3.8) is 0 Å². The van der Waals surface area contributed by atoms with E-state index < -0.39 is 0 Å². The summed E-state index contributed by atoms with van der Waals surface area (Å²) >= 11 is 0. The molecule has 1 fully saturated rings. The Kier molecular flexibility index (Phi) is 2.64. The van der Waals surface area contributed by atoms with Crippen molar-refractivity contribution in [2.24, 2.45) is 5.92 Å². The molecule has 0 heterocycles. The summed E-state index contributed by atoms with van der Waals surface area (Å²) in [5.74, 6) is 0.573. The van der Waals surface area contributed by atoms with Crippen molar-refractivity contribution in [1.29, 1.82) is 0 Å². The Morgan fingerprint density at radius 3 is 2.50 bits per heavy atom. The molecule has 1 atom stereocenters. The number of rotatable bonds is 4. The van der Waals surface area contributed by atoms with Gasteiger partial charge in [-0.05, 0) is 18.8 Å². The largest absolute Gasteiger partial charge is 0.373 e. The van der Waals surface area contributed by atoms with Gasteiger partial charge in [0.15, 0.2) is 5.78 Å². The third kappa shape index (κ3) is 1.85. The van der Waals surface area contributed by atoms with E-state index in [1.54, 1.807) is 7.11 Å². The van der Waals surface area contributed by atoms with Crippen molar-refractivity contribution in [2.45, 2.75) is 18.9 Å². The van der Waals surface area contributed by atoms with E-state index in [1.165, 1.54) is 0 Å². The molecule has 0 amide bonds. The lowest BCUT2D eigenvalue weighted by atomic mass is 10.0. The molecule has 1 aromatic rings. The third-order valence-electron chi connectivity index (χ3n) is 2.62. The minimum atomic E-state index is -0.225. The number of ether oxygens (including phenoxy) is 1. The average molecular weight is 190 g/mol. The van der Waals surface area contributed by atoms with Gasteiger partial charge in [-0.15, -0.1) is 0 Å². The van der Waals surface area contributed by atoms with Crippen LogP contribution >= 0.6 is 0 Å². The molecule has 1 unspecified atom stereocenters. The van der Waals surface area contributed by atoms with Crippen LogP contribution in [-0.2, 0) is 4.74 Å². The van der Waals surface area contributed by atoms with Crippen LogP contribution in [0.3, 0.4) is 0 Å². The molecule has 1 aliphatic rings. The molecule has 2 rings (SSSR count). The molecule has 0 saturated heterocycles. The number of methoxy groups -OCH3 is 1. The summed E-state index contributed by atoms with van der Waals surface area (Å²) in [6.07, 6.45) is 2.02. The zero-order chi connectivity index (χ0) is 9.97. The molecule has 2 nitrogen and oxygen atoms in total. The maximum Gasteiger partial charge on any atom is 0.191 e. The molecular weight excluding hydrogens is 176 g/mol. The van der Waals surface area contributed by atoms with Crippen LogP contribution in [0, 0.1) is 5.92 Å². The van der Waals surface area contributed by atoms with Gasteiger partial charge >= 0.3 is 0 Å². The maximum absolute atomic E-state index is 11.9. The van der Waals surface area contributed by atoms with Crippen LogP contribution in [0.1, 0.15) is 23.2 Å². The molecule has 0 aromatic heterocycles. The molecule has 14 heavy (non-hydrogen) atoms. The highest BCUT2D eigenvalue weighted by Gasteiger charge is 2.36. The lowest BCUT2D eigenvalue weighted by Crippen LogP contribution is -2.25. The number of ketones is 1. The Labute approximate surface area is 83.9 Å². The highest BCUT2D eigenvalue weighted by Crippen LogP contribution is 2.35. The van der Waals surface area contributed by atoms with Crippen molar-refractivity contribution < 1.29 is 9.53 Å². The van der Waals surface area contributed by atoms with E-state index in [1.807, 2.05) is 30.3 Å². The predicted molar refractivity (Wildman–Crippen MR) is 54.3 cm³/mol. The van der Waals surface area contributed by atoms with E-state index in [2.05, 4.69) is 0 Å². The van der Waals surface area contributed by atoms with Crippen molar-refractivity contribution in [3.8, 4) is 0 Å². The van der Waals surface area contributed by atoms with Gasteiger partial charge in [-0.1, -0.05) is 30.3 Å². The summed E-state index contributed by atoms with van der Waals surface area (Å²) in [7, 11) is 1.61. The predicted octanol–water partition coefficient (Wildman–Crippen LogP) is 2.29. The van der Waals surface area contributed by atoms with Crippen LogP contribution in [0.15, 0.2) is 30.3 Å². The van der Waals surface area contributed by atoms with Crippen LogP contribution in [0.25, 0.3) is 0 Å². The smallest absolute Gasteiger partial charge is 0.191 e. The fraction of sp³-hybridized carbons (Fsp3) is 0.417. The Morgan fingerprint density at radius 2 is 2.00 bits per heavy atom. The van der Waals surface area contributed by atoms with Crippen molar-refractivity contribution >= 4 is 5.78 Å². The molecule has 0 N–H and O–H groups in total. The second-order valence-electron chi connectivity index (χ2n) is 3.72. The van der Waals surface area contributed by atoms with Gasteiger partial charge in [0, 0.05) is 12.7 Å². The molecule has 1 saturated carbocycles. The van der Waals surface area contributed by atoms with Crippen molar-refractivity contribution in [3.05, 3.63) is 35.9 Å². The number of hydrogen-bond donors (Lipinski definition) is 0. The van der Waals surface area contributed by atoms with Gasteiger partial charge < -0.3 is 4.74 Å². The molecule has 0 radical (unpaired) electrons. The quantitative estimate of drug-likeness (QED) is 0.681. The van der Waals surface area contributed by atoms with Crippen molar-refractivity contribution in [1.82, 2.24) is 0 Å². The van der Waals surface area contributed by atoms with E-state index in [0.717, 1.165) is 18.4 Å². The first kappa shape index (κ1) is 9.41. The van der Waals surface area contributed by atoms with E-state index in [4.69, 9.17) is 4.74 Å². The summed E-state index contributed by atoms with van der Waals surface area (Å²) in [6.45, 7) is 0. The number of hydrogen-bond acceptors (Lipinski definition) is 2. The SMILES string of the molecule is COC(C(=O)c1ccccc1)C1CC1. The van der Waals surface area contributed by atoms with E-state index in [-0.39, 0.29) is 11.9 Å². The molecule has 0 spiro atoms. The first-order valence-electron chi connectivity index (χ1n) is 4.95. The topological polar surface area (TPSA) is 26.3 Å². The summed E-state index contributed by atoms with van der Waals surface area (Å²) in [6, 6.07) is 9.36. The summed E-state index contributed by atoms with van der Waals surface area (Å²) in [4.78, 5) is 11.9. The molecule has 1 aromatic carbocycles. The molecular formula is C12H14O2. The van der Waals surface area contributed by atoms with Gasteiger partial charge in [-0.2, -0.15) is 0 Å². The standard InChI is InChI=1S/C12H14O2/c1-14-12(10-7-8-10)11(13)9-5-3-2-4-6-9/h2-6,10,12H,7-8H2,1H3. The highest BCUT2D eigenvalue weighted by molar-refractivity contribution is 5.99. The number of benzene rings is 1. The van der Waals surface area contributed by atoms with E-state index >= 15 is 0 Å². The highest BCUT2D eigenvalue weighted by atomic mass is 16.5. The maximum atomic E-state index is 11.9. The summed E-state index contributed by atoms with van der Waals surface area (Å²) in [5, 5.41) is 0. The normalized spacial score (nSPS) is 17.8. The fourth-order valence-electron chi connectivity index (χ4n) is 1.68. The number of carbonyl (C=O) groups is 1. The second kappa shape index (κ2) is 3.93. The summed E-state index contributed by atoms with van der Waals surface area (Å²) in [5.41, 5.74) is 0.756. The fourth-order valence-corrected chi connectivity index (χ4v) is 1.68. The van der Waals surface area contributed by atoms with Gasteiger partial charge in [-0.25, -0.2) is 0 Å². The lowest BCUT2D eigenvalue weighted by molar-refractivity contribution is 0.0540. The zero-order valence-corrected chi connectivity index (χ0v) is 8.27. The molecule has 0 bridgehead atoms. The minimum absolute atomic E-state index is 0.121. The van der Waals surface area contributed by atoms with E-state index in [0.29, 0.717) is 5.92 Å². The number of carbonyl (C=O) groups excluding carboxylic acids is 1. The Bertz CT molecular complexity index is 314. The zero-order valence-electron chi connectivity index (χ0n) is 8.27. The van der Waals surface area contributed by atoms with Crippen molar-refractivity contribution in [2.75, 3.05) is 7.11 Å². The van der Waals surface area contributed by atoms with Crippen LogP contribution in [0.2, 0.25) is 0 Å². The van der Waals surface area contributed by atoms with E-state index in [9.17, 15) is 4.79 Å². The molecule has 2 heteroatoms. The average Bonchev–Trinajstić information content (AvgIpc) is 3.04. The van der Waals surface area contributed by atoms with Gasteiger partial charge in [0.2, 0.25) is 0 Å². The first-order chi connectivity index (χ1) is 6.83. The third-order valence-corrected chi connectivity index (χ3v) is 2.62. The molecule has 1 aliphatic carbocycles. The van der Waals surface area contributed by atoms with Gasteiger partial charge in [0.05, 0.1) is 0 Å².